The third kappa shape index (κ3) is 11.6. The number of rotatable bonds is 15. The summed E-state index contributed by atoms with van der Waals surface area (Å²) in [5, 5.41) is 0. The quantitative estimate of drug-likeness (QED) is 0.159. The van der Waals surface area contributed by atoms with Gasteiger partial charge >= 0.3 is 0 Å². The first kappa shape index (κ1) is 34.4. The molecular formula is C34H65NO2. The van der Waals surface area contributed by atoms with E-state index in [-0.39, 0.29) is 6.29 Å². The summed E-state index contributed by atoms with van der Waals surface area (Å²) in [4.78, 5) is 2.23. The molecule has 0 saturated carbocycles. The van der Waals surface area contributed by atoms with Gasteiger partial charge < -0.3 is 14.4 Å². The summed E-state index contributed by atoms with van der Waals surface area (Å²) in [7, 11) is 4.20. The van der Waals surface area contributed by atoms with E-state index in [0.717, 1.165) is 30.1 Å². The van der Waals surface area contributed by atoms with Gasteiger partial charge in [0, 0.05) is 6.04 Å². The fraction of sp³-hybridized carbons (Fsp3) is 0.882. The van der Waals surface area contributed by atoms with Crippen molar-refractivity contribution in [3.05, 3.63) is 24.8 Å². The van der Waals surface area contributed by atoms with Crippen molar-refractivity contribution in [2.24, 2.45) is 40.9 Å². The molecule has 0 radical (unpaired) electrons. The summed E-state index contributed by atoms with van der Waals surface area (Å²) >= 11 is 0. The Kier molecular flexibility index (Phi) is 14.7. The molecule has 0 aromatic heterocycles. The molecule has 2 aliphatic rings. The predicted molar refractivity (Wildman–Crippen MR) is 163 cm³/mol. The van der Waals surface area contributed by atoms with Crippen LogP contribution in [0.2, 0.25) is 0 Å². The van der Waals surface area contributed by atoms with Crippen molar-refractivity contribution in [1.29, 1.82) is 0 Å². The molecule has 0 spiro atoms. The van der Waals surface area contributed by atoms with Crippen LogP contribution in [0.3, 0.4) is 0 Å². The van der Waals surface area contributed by atoms with Gasteiger partial charge in [-0.3, -0.25) is 0 Å². The molecule has 3 nitrogen and oxygen atoms in total. The Morgan fingerprint density at radius 3 is 2.14 bits per heavy atom. The zero-order valence-electron chi connectivity index (χ0n) is 27.0. The van der Waals surface area contributed by atoms with E-state index in [1.54, 1.807) is 0 Å². The van der Waals surface area contributed by atoms with E-state index < -0.39 is 0 Å². The highest BCUT2D eigenvalue weighted by molar-refractivity contribution is 5.02. The highest BCUT2D eigenvalue weighted by atomic mass is 16.8. The number of likely N-dealkylation sites (N-methyl/N-ethyl adjacent to an activating group) is 1. The van der Waals surface area contributed by atoms with Gasteiger partial charge in [-0.2, -0.15) is 0 Å². The van der Waals surface area contributed by atoms with E-state index >= 15 is 0 Å². The van der Waals surface area contributed by atoms with Gasteiger partial charge in [0.2, 0.25) is 0 Å². The third-order valence-electron chi connectivity index (χ3n) is 9.72. The minimum absolute atomic E-state index is 0.103. The average molecular weight is 520 g/mol. The lowest BCUT2D eigenvalue weighted by Gasteiger charge is -2.34. The zero-order valence-corrected chi connectivity index (χ0v) is 27.0. The SMILES string of the molecule is C=CC(C)C[C@H](C)CC(C)(C)CCC(=C)C(C)C(C)[C@@H](C)C(CC)CC.CC1CC(N(C)C)C2OC2O1. The molecule has 218 valence electrons. The molecule has 2 rings (SSSR count). The van der Waals surface area contributed by atoms with Crippen LogP contribution in [-0.2, 0) is 9.47 Å². The molecule has 7 unspecified atom stereocenters. The van der Waals surface area contributed by atoms with Crippen LogP contribution in [0.5, 0.6) is 0 Å². The largest absolute Gasteiger partial charge is 0.347 e. The minimum Gasteiger partial charge on any atom is -0.347 e. The molecule has 2 heterocycles. The van der Waals surface area contributed by atoms with Gasteiger partial charge in [-0.05, 0) is 94.0 Å². The smallest absolute Gasteiger partial charge is 0.186 e. The Morgan fingerprint density at radius 2 is 1.62 bits per heavy atom. The number of hydrogen-bond donors (Lipinski definition) is 0. The van der Waals surface area contributed by atoms with Crippen molar-refractivity contribution in [2.45, 2.75) is 139 Å². The van der Waals surface area contributed by atoms with Gasteiger partial charge in [-0.25, -0.2) is 0 Å². The van der Waals surface area contributed by atoms with Crippen LogP contribution < -0.4 is 0 Å². The maximum absolute atomic E-state index is 5.49. The van der Waals surface area contributed by atoms with Crippen molar-refractivity contribution in [3.63, 3.8) is 0 Å². The standard InChI is InChI=1S/C26H50.C8H15NO2/c1-12-19(4)17-20(5)18-26(10,11)16-15-21(6)22(7)23(8)24(9)25(13-2)14-3;1-5-4-6(9(2)3)7-8(10-5)11-7/h12,19-20,22-25H,1,6,13-18H2,2-5,7-11H3;5-8H,4H2,1-3H3/t19?,20-,22?,23?,24+;/m0./s1. The summed E-state index contributed by atoms with van der Waals surface area (Å²) < 4.78 is 10.8. The number of nitrogens with zero attached hydrogens (tertiary/aromatic N) is 1. The Balaban J connectivity index is 0.000000506. The molecule has 0 aliphatic carbocycles. The minimum atomic E-state index is 0.103. The molecule has 0 amide bonds. The van der Waals surface area contributed by atoms with Gasteiger partial charge in [-0.15, -0.1) is 6.58 Å². The van der Waals surface area contributed by atoms with E-state index in [2.05, 4.69) is 107 Å². The molecule has 0 aromatic rings. The first-order valence-corrected chi connectivity index (χ1v) is 15.4. The highest BCUT2D eigenvalue weighted by Crippen LogP contribution is 2.39. The summed E-state index contributed by atoms with van der Waals surface area (Å²) in [6, 6.07) is 0.559. The van der Waals surface area contributed by atoms with E-state index in [1.165, 1.54) is 44.1 Å². The normalized spacial score (nSPS) is 27.4. The van der Waals surface area contributed by atoms with Crippen LogP contribution in [-0.4, -0.2) is 43.5 Å². The number of fused-ring (bicyclic) bond motifs is 1. The van der Waals surface area contributed by atoms with Crippen LogP contribution in [0.1, 0.15) is 114 Å². The van der Waals surface area contributed by atoms with Crippen LogP contribution in [0, 0.1) is 40.9 Å². The number of hydrogen-bond acceptors (Lipinski definition) is 3. The van der Waals surface area contributed by atoms with Crippen molar-refractivity contribution in [2.75, 3.05) is 14.1 Å². The number of allylic oxidation sites excluding steroid dienone is 2. The van der Waals surface area contributed by atoms with Crippen molar-refractivity contribution >= 4 is 0 Å². The van der Waals surface area contributed by atoms with Crippen molar-refractivity contribution in [3.8, 4) is 0 Å². The molecular weight excluding hydrogens is 454 g/mol. The molecule has 2 saturated heterocycles. The van der Waals surface area contributed by atoms with Gasteiger partial charge in [0.25, 0.3) is 0 Å². The highest BCUT2D eigenvalue weighted by Gasteiger charge is 2.51. The second kappa shape index (κ2) is 15.8. The summed E-state index contributed by atoms with van der Waals surface area (Å²) in [5.41, 5.74) is 1.86. The lowest BCUT2D eigenvalue weighted by atomic mass is 9.71. The van der Waals surface area contributed by atoms with Gasteiger partial charge in [0.05, 0.1) is 6.10 Å². The fourth-order valence-corrected chi connectivity index (χ4v) is 6.63. The zero-order chi connectivity index (χ0) is 28.5. The van der Waals surface area contributed by atoms with E-state index in [9.17, 15) is 0 Å². The first-order valence-electron chi connectivity index (χ1n) is 15.4. The topological polar surface area (TPSA) is 25.0 Å². The molecule has 2 aliphatic heterocycles. The average Bonchev–Trinajstić information content (AvgIpc) is 3.60. The second-order valence-electron chi connectivity index (χ2n) is 13.8. The molecule has 9 atom stereocenters. The maximum Gasteiger partial charge on any atom is 0.186 e. The monoisotopic (exact) mass is 520 g/mol. The molecule has 0 aromatic carbocycles. The van der Waals surface area contributed by atoms with E-state index in [0.29, 0.717) is 35.5 Å². The Labute approximate surface area is 232 Å². The summed E-state index contributed by atoms with van der Waals surface area (Å²) in [5.74, 6) is 4.37. The van der Waals surface area contributed by atoms with Gasteiger partial charge in [0.15, 0.2) is 6.29 Å². The van der Waals surface area contributed by atoms with E-state index in [1.807, 2.05) is 0 Å². The molecule has 3 heteroatoms. The van der Waals surface area contributed by atoms with Crippen LogP contribution in [0.15, 0.2) is 24.8 Å². The second-order valence-corrected chi connectivity index (χ2v) is 13.8. The molecule has 2 fully saturated rings. The summed E-state index contributed by atoms with van der Waals surface area (Å²) in [6.07, 6.45) is 11.6. The lowest BCUT2D eigenvalue weighted by Crippen LogP contribution is -2.41. The van der Waals surface area contributed by atoms with Crippen LogP contribution in [0.25, 0.3) is 0 Å². The lowest BCUT2D eigenvalue weighted by molar-refractivity contribution is -0.0243. The molecule has 0 bridgehead atoms. The van der Waals surface area contributed by atoms with Gasteiger partial charge in [-0.1, -0.05) is 93.4 Å². The van der Waals surface area contributed by atoms with Crippen LogP contribution >= 0.6 is 0 Å². The Bertz CT molecular complexity index is 667. The maximum atomic E-state index is 5.49. The molecule has 37 heavy (non-hydrogen) atoms. The van der Waals surface area contributed by atoms with E-state index in [4.69, 9.17) is 9.47 Å². The number of ether oxygens (including phenoxy) is 2. The third-order valence-corrected chi connectivity index (χ3v) is 9.72. The number of epoxide rings is 1. The Hall–Kier alpha value is -0.640. The van der Waals surface area contributed by atoms with Crippen molar-refractivity contribution < 1.29 is 9.47 Å². The first-order chi connectivity index (χ1) is 17.2. The predicted octanol–water partition coefficient (Wildman–Crippen LogP) is 9.38. The molecule has 0 N–H and O–H groups in total. The summed E-state index contributed by atoms with van der Waals surface area (Å²) in [6.45, 7) is 32.1. The fourth-order valence-electron chi connectivity index (χ4n) is 6.63. The Morgan fingerprint density at radius 1 is 1.03 bits per heavy atom. The van der Waals surface area contributed by atoms with Crippen LogP contribution in [0.4, 0.5) is 0 Å². The van der Waals surface area contributed by atoms with Gasteiger partial charge in [0.1, 0.15) is 6.10 Å². The van der Waals surface area contributed by atoms with Crippen molar-refractivity contribution in [1.82, 2.24) is 4.90 Å².